The van der Waals surface area contributed by atoms with Crippen LogP contribution < -0.4 is 0 Å². The van der Waals surface area contributed by atoms with Gasteiger partial charge in [-0.05, 0) is 31.0 Å². The predicted octanol–water partition coefficient (Wildman–Crippen LogP) is 3.55. The number of rotatable bonds is 2. The fraction of sp³-hybridized carbons (Fsp3) is 1.00. The lowest BCUT2D eigenvalue weighted by atomic mass is 9.78. The third-order valence-electron chi connectivity index (χ3n) is 6.13. The van der Waals surface area contributed by atoms with E-state index in [0.29, 0.717) is 19.6 Å². The third kappa shape index (κ3) is 3.15. The minimum Gasteiger partial charge on any atom is -0.413 e. The summed E-state index contributed by atoms with van der Waals surface area (Å²) in [5.41, 5.74) is 0. The Balaban J connectivity index is 2.18. The van der Waals surface area contributed by atoms with Crippen molar-refractivity contribution in [1.29, 1.82) is 0 Å². The van der Waals surface area contributed by atoms with E-state index in [2.05, 4.69) is 40.8 Å². The zero-order valence-corrected chi connectivity index (χ0v) is 16.3. The first-order valence-electron chi connectivity index (χ1n) is 8.65. The molecule has 2 saturated heterocycles. The van der Waals surface area contributed by atoms with Gasteiger partial charge in [-0.1, -0.05) is 34.6 Å². The number of hydrogen-bond acceptors (Lipinski definition) is 4. The molecule has 1 spiro atoms. The third-order valence-corrected chi connectivity index (χ3v) is 10.6. The number of aliphatic hydroxyl groups is 1. The lowest BCUT2D eigenvalue weighted by Crippen LogP contribution is -2.62. The molecule has 0 saturated carbocycles. The summed E-state index contributed by atoms with van der Waals surface area (Å²) in [4.78, 5) is 0. The van der Waals surface area contributed by atoms with Crippen LogP contribution in [0.3, 0.4) is 0 Å². The topological polar surface area (TPSA) is 47.9 Å². The number of aliphatic hydroxyl groups excluding tert-OH is 1. The Morgan fingerprint density at radius 1 is 1.05 bits per heavy atom. The van der Waals surface area contributed by atoms with Gasteiger partial charge in [-0.15, -0.1) is 0 Å². The lowest BCUT2D eigenvalue weighted by molar-refractivity contribution is -0.349. The molecule has 2 heterocycles. The summed E-state index contributed by atoms with van der Waals surface area (Å²) >= 11 is 0. The average molecular weight is 331 g/mol. The fourth-order valence-electron chi connectivity index (χ4n) is 3.40. The molecule has 1 N–H and O–H groups in total. The second-order valence-electron chi connectivity index (χ2n) is 8.56. The van der Waals surface area contributed by atoms with E-state index in [9.17, 15) is 5.11 Å². The SMILES string of the molecule is C[C@@H]1[C@H](O)CCO[C@@]12OCC[C@@H](O[Si](C)(C)C(C)(C)C)[C@@H]2C. The van der Waals surface area contributed by atoms with Crippen molar-refractivity contribution < 1.29 is 19.0 Å². The summed E-state index contributed by atoms with van der Waals surface area (Å²) in [5, 5.41) is 10.5. The van der Waals surface area contributed by atoms with Gasteiger partial charge < -0.3 is 19.0 Å². The van der Waals surface area contributed by atoms with E-state index >= 15 is 0 Å². The monoisotopic (exact) mass is 330 g/mol. The summed E-state index contributed by atoms with van der Waals surface area (Å²) in [6, 6.07) is 0. The van der Waals surface area contributed by atoms with Gasteiger partial charge in [0.05, 0.1) is 25.4 Å². The largest absolute Gasteiger partial charge is 0.413 e. The molecule has 22 heavy (non-hydrogen) atoms. The predicted molar refractivity (Wildman–Crippen MR) is 90.3 cm³/mol. The highest BCUT2D eigenvalue weighted by Crippen LogP contribution is 2.46. The van der Waals surface area contributed by atoms with E-state index in [1.807, 2.05) is 6.92 Å². The maximum atomic E-state index is 10.3. The highest BCUT2D eigenvalue weighted by atomic mass is 28.4. The first-order valence-corrected chi connectivity index (χ1v) is 11.6. The van der Waals surface area contributed by atoms with Crippen molar-refractivity contribution in [2.75, 3.05) is 13.2 Å². The lowest BCUT2D eigenvalue weighted by Gasteiger charge is -2.54. The average Bonchev–Trinajstić information content (AvgIpc) is 2.39. The van der Waals surface area contributed by atoms with Crippen LogP contribution in [0.15, 0.2) is 0 Å². The van der Waals surface area contributed by atoms with Gasteiger partial charge in [0.1, 0.15) is 0 Å². The van der Waals surface area contributed by atoms with Crippen LogP contribution in [0.1, 0.15) is 47.5 Å². The Morgan fingerprint density at radius 3 is 2.14 bits per heavy atom. The molecular formula is C17H34O4Si. The fourth-order valence-corrected chi connectivity index (χ4v) is 4.83. The Morgan fingerprint density at radius 2 is 1.59 bits per heavy atom. The van der Waals surface area contributed by atoms with Gasteiger partial charge in [-0.2, -0.15) is 0 Å². The van der Waals surface area contributed by atoms with Gasteiger partial charge in [0.2, 0.25) is 0 Å². The second-order valence-corrected chi connectivity index (χ2v) is 13.3. The van der Waals surface area contributed by atoms with E-state index in [4.69, 9.17) is 13.9 Å². The van der Waals surface area contributed by atoms with Crippen LogP contribution in [0.5, 0.6) is 0 Å². The molecule has 2 fully saturated rings. The molecule has 0 amide bonds. The molecule has 130 valence electrons. The van der Waals surface area contributed by atoms with Crippen LogP contribution in [0.25, 0.3) is 0 Å². The highest BCUT2D eigenvalue weighted by molar-refractivity contribution is 6.74. The molecule has 2 aliphatic heterocycles. The molecule has 0 aromatic heterocycles. The first kappa shape index (κ1) is 18.4. The van der Waals surface area contributed by atoms with Crippen molar-refractivity contribution in [3.8, 4) is 0 Å². The minimum atomic E-state index is -1.83. The molecule has 5 atom stereocenters. The van der Waals surface area contributed by atoms with Crippen LogP contribution >= 0.6 is 0 Å². The summed E-state index contributed by atoms with van der Waals surface area (Å²) in [6.45, 7) is 16.8. The molecule has 0 unspecified atom stereocenters. The van der Waals surface area contributed by atoms with Gasteiger partial charge in [0.25, 0.3) is 0 Å². The van der Waals surface area contributed by atoms with Crippen LogP contribution in [-0.2, 0) is 13.9 Å². The van der Waals surface area contributed by atoms with Crippen LogP contribution in [0.2, 0.25) is 18.1 Å². The molecule has 2 aliphatic rings. The van der Waals surface area contributed by atoms with Gasteiger partial charge in [0, 0.05) is 11.8 Å². The number of ether oxygens (including phenoxy) is 2. The molecule has 0 aromatic rings. The van der Waals surface area contributed by atoms with Gasteiger partial charge >= 0.3 is 0 Å². The normalized spacial score (nSPS) is 40.9. The highest BCUT2D eigenvalue weighted by Gasteiger charge is 2.55. The smallest absolute Gasteiger partial charge is 0.192 e. The maximum Gasteiger partial charge on any atom is 0.192 e. The first-order chi connectivity index (χ1) is 10.0. The van der Waals surface area contributed by atoms with Crippen LogP contribution in [-0.4, -0.2) is 44.6 Å². The minimum absolute atomic E-state index is 0.0259. The summed E-state index contributed by atoms with van der Waals surface area (Å²) in [5.74, 6) is -0.592. The van der Waals surface area contributed by atoms with E-state index in [0.717, 1.165) is 6.42 Å². The Hall–Kier alpha value is 0.0569. The van der Waals surface area contributed by atoms with E-state index in [1.54, 1.807) is 0 Å². The quantitative estimate of drug-likeness (QED) is 0.787. The zero-order chi connectivity index (χ0) is 16.8. The summed E-state index contributed by atoms with van der Waals surface area (Å²) < 4.78 is 18.8. The summed E-state index contributed by atoms with van der Waals surface area (Å²) in [7, 11) is -1.83. The zero-order valence-electron chi connectivity index (χ0n) is 15.3. The van der Waals surface area contributed by atoms with E-state index in [-0.39, 0.29) is 29.1 Å². The van der Waals surface area contributed by atoms with Crippen molar-refractivity contribution >= 4 is 8.32 Å². The molecule has 0 aliphatic carbocycles. The Kier molecular flexibility index (Phi) is 5.16. The van der Waals surface area contributed by atoms with Crippen molar-refractivity contribution in [3.63, 3.8) is 0 Å². The molecule has 0 aromatic carbocycles. The van der Waals surface area contributed by atoms with Crippen LogP contribution in [0.4, 0.5) is 0 Å². The van der Waals surface area contributed by atoms with Crippen molar-refractivity contribution in [3.05, 3.63) is 0 Å². The molecule has 4 nitrogen and oxygen atoms in total. The van der Waals surface area contributed by atoms with Crippen molar-refractivity contribution in [2.45, 2.75) is 83.6 Å². The molecule has 5 heteroatoms. The van der Waals surface area contributed by atoms with Crippen molar-refractivity contribution in [2.24, 2.45) is 11.8 Å². The Labute approximate surface area is 136 Å². The number of hydrogen-bond donors (Lipinski definition) is 1. The van der Waals surface area contributed by atoms with Crippen LogP contribution in [0, 0.1) is 11.8 Å². The molecular weight excluding hydrogens is 296 g/mol. The van der Waals surface area contributed by atoms with Gasteiger partial charge in [-0.3, -0.25) is 0 Å². The van der Waals surface area contributed by atoms with Crippen molar-refractivity contribution in [1.82, 2.24) is 0 Å². The van der Waals surface area contributed by atoms with Gasteiger partial charge in [-0.25, -0.2) is 0 Å². The second kappa shape index (κ2) is 6.17. The summed E-state index contributed by atoms with van der Waals surface area (Å²) in [6.07, 6.45) is 1.37. The molecule has 0 radical (unpaired) electrons. The van der Waals surface area contributed by atoms with E-state index < -0.39 is 14.1 Å². The van der Waals surface area contributed by atoms with E-state index in [1.165, 1.54) is 0 Å². The Bertz CT molecular complexity index is 389. The molecule has 0 bridgehead atoms. The van der Waals surface area contributed by atoms with Gasteiger partial charge in [0.15, 0.2) is 14.1 Å². The maximum absolute atomic E-state index is 10.3. The molecule has 2 rings (SSSR count). The standard InChI is InChI=1S/C17H34O4Si/c1-12-14(18)8-10-19-17(12)13(2)15(9-11-20-17)21-22(6,7)16(3,4)5/h12-15,18H,8-11H2,1-7H3/t12-,13+,14-,15-,17-/m1/s1.